The number of rotatable bonds is 9. The van der Waals surface area contributed by atoms with Crippen LogP contribution in [-0.2, 0) is 10.2 Å². The summed E-state index contributed by atoms with van der Waals surface area (Å²) in [5.74, 6) is -1.67. The molecule has 2 amide bonds. The van der Waals surface area contributed by atoms with Gasteiger partial charge in [-0.15, -0.1) is 0 Å². The topological polar surface area (TPSA) is 76.7 Å². The minimum atomic E-state index is -3.03. The first-order valence-electron chi connectivity index (χ1n) is 9.07. The molecule has 0 aliphatic carbocycles. The fraction of sp³-hybridized carbons (Fsp3) is 0.333. The molecule has 162 valence electrons. The summed E-state index contributed by atoms with van der Waals surface area (Å²) in [6, 6.07) is 9.99. The van der Waals surface area contributed by atoms with Crippen LogP contribution in [0.15, 0.2) is 42.5 Å². The molecule has 0 spiro atoms. The lowest BCUT2D eigenvalue weighted by molar-refractivity contribution is -0.120. The Morgan fingerprint density at radius 2 is 1.77 bits per heavy atom. The molecule has 2 N–H and O–H groups in total. The Kier molecular flexibility index (Phi) is 7.68. The van der Waals surface area contributed by atoms with Gasteiger partial charge in [0.25, 0.3) is 5.91 Å². The molecule has 2 aromatic carbocycles. The van der Waals surface area contributed by atoms with Crippen LogP contribution in [0.2, 0.25) is 0 Å². The molecule has 0 saturated carbocycles. The Morgan fingerprint density at radius 3 is 2.40 bits per heavy atom. The molecule has 0 radical (unpaired) electrons. The minimum absolute atomic E-state index is 0.0426. The van der Waals surface area contributed by atoms with E-state index in [1.165, 1.54) is 31.4 Å². The lowest BCUT2D eigenvalue weighted by Gasteiger charge is -2.26. The van der Waals surface area contributed by atoms with Gasteiger partial charge >= 0.3 is 6.61 Å². The molecule has 0 saturated heterocycles. The Bertz CT molecular complexity index is 904. The zero-order valence-electron chi connectivity index (χ0n) is 16.8. The van der Waals surface area contributed by atoms with Gasteiger partial charge in [-0.3, -0.25) is 9.59 Å². The van der Waals surface area contributed by atoms with Crippen LogP contribution in [0.5, 0.6) is 11.5 Å². The van der Waals surface area contributed by atoms with E-state index in [4.69, 9.17) is 4.74 Å². The third kappa shape index (κ3) is 6.13. The first-order chi connectivity index (χ1) is 14.1. The average molecular weight is 424 g/mol. The number of methoxy groups -OCH3 is 1. The molecular weight excluding hydrogens is 401 g/mol. The van der Waals surface area contributed by atoms with Crippen molar-refractivity contribution in [3.05, 3.63) is 59.4 Å². The molecule has 0 heterocycles. The van der Waals surface area contributed by atoms with Gasteiger partial charge in [-0.2, -0.15) is 8.78 Å². The molecule has 2 aromatic rings. The third-order valence-corrected chi connectivity index (χ3v) is 4.38. The third-order valence-electron chi connectivity index (χ3n) is 4.38. The van der Waals surface area contributed by atoms with E-state index in [0.29, 0.717) is 5.56 Å². The monoisotopic (exact) mass is 424 g/mol. The predicted molar refractivity (Wildman–Crippen MR) is 104 cm³/mol. The largest absolute Gasteiger partial charge is 0.493 e. The van der Waals surface area contributed by atoms with Gasteiger partial charge in [0.15, 0.2) is 11.5 Å². The van der Waals surface area contributed by atoms with Gasteiger partial charge in [-0.25, -0.2) is 4.39 Å². The van der Waals surface area contributed by atoms with Crippen LogP contribution in [0, 0.1) is 5.82 Å². The normalized spacial score (nSPS) is 11.2. The Labute approximate surface area is 172 Å². The standard InChI is InChI=1S/C21H23F3N2O4/c1-21(2,14-6-4-5-7-15(14)22)12-26-18(27)11-25-19(28)13-8-9-16(30-20(23)24)17(10-13)29-3/h4-10,20H,11-12H2,1-3H3,(H,25,28)(H,26,27). The van der Waals surface area contributed by atoms with Gasteiger partial charge in [0.05, 0.1) is 13.7 Å². The Hall–Kier alpha value is -3.23. The van der Waals surface area contributed by atoms with Crippen LogP contribution < -0.4 is 20.1 Å². The molecule has 0 aliphatic rings. The molecule has 0 aliphatic heterocycles. The lowest BCUT2D eigenvalue weighted by Crippen LogP contribution is -2.42. The summed E-state index contributed by atoms with van der Waals surface area (Å²) in [5.41, 5.74) is -0.0840. The Morgan fingerprint density at radius 1 is 1.07 bits per heavy atom. The number of carbonyl (C=O) groups is 2. The summed E-state index contributed by atoms with van der Waals surface area (Å²) < 4.78 is 48.0. The molecule has 0 fully saturated rings. The summed E-state index contributed by atoms with van der Waals surface area (Å²) in [7, 11) is 1.25. The van der Waals surface area contributed by atoms with Crippen LogP contribution in [0.3, 0.4) is 0 Å². The quantitative estimate of drug-likeness (QED) is 0.648. The smallest absolute Gasteiger partial charge is 0.387 e. The molecule has 0 bridgehead atoms. The summed E-state index contributed by atoms with van der Waals surface area (Å²) in [6.45, 7) is 0.398. The van der Waals surface area contributed by atoms with Gasteiger partial charge in [0.1, 0.15) is 5.82 Å². The number of carbonyl (C=O) groups excluding carboxylic acids is 2. The van der Waals surface area contributed by atoms with Gasteiger partial charge < -0.3 is 20.1 Å². The molecule has 6 nitrogen and oxygen atoms in total. The highest BCUT2D eigenvalue weighted by Crippen LogP contribution is 2.29. The second-order valence-electron chi connectivity index (χ2n) is 7.07. The minimum Gasteiger partial charge on any atom is -0.493 e. The van der Waals surface area contributed by atoms with E-state index >= 15 is 0 Å². The second kappa shape index (κ2) is 10.00. The number of halogens is 3. The molecule has 9 heteroatoms. The van der Waals surface area contributed by atoms with Gasteiger partial charge in [0.2, 0.25) is 5.91 Å². The number of hydrogen-bond acceptors (Lipinski definition) is 4. The van der Waals surface area contributed by atoms with E-state index < -0.39 is 23.8 Å². The maximum absolute atomic E-state index is 14.0. The van der Waals surface area contributed by atoms with Crippen LogP contribution in [0.25, 0.3) is 0 Å². The number of nitrogens with one attached hydrogen (secondary N) is 2. The summed E-state index contributed by atoms with van der Waals surface area (Å²) >= 11 is 0. The van der Waals surface area contributed by atoms with E-state index in [9.17, 15) is 22.8 Å². The van der Waals surface area contributed by atoms with Crippen molar-refractivity contribution in [1.29, 1.82) is 0 Å². The highest BCUT2D eigenvalue weighted by atomic mass is 19.3. The predicted octanol–water partition coefficient (Wildman–Crippen LogP) is 3.26. The molecule has 2 rings (SSSR count). The van der Waals surface area contributed by atoms with Gasteiger partial charge in [0, 0.05) is 17.5 Å². The second-order valence-corrected chi connectivity index (χ2v) is 7.07. The van der Waals surface area contributed by atoms with E-state index in [1.54, 1.807) is 32.0 Å². The highest BCUT2D eigenvalue weighted by Gasteiger charge is 2.24. The van der Waals surface area contributed by atoms with Gasteiger partial charge in [-0.05, 0) is 29.8 Å². The van der Waals surface area contributed by atoms with Crippen LogP contribution in [-0.4, -0.2) is 38.6 Å². The molecular formula is C21H23F3N2O4. The summed E-state index contributed by atoms with van der Waals surface area (Å²) in [5, 5.41) is 5.09. The van der Waals surface area contributed by atoms with E-state index in [0.717, 1.165) is 0 Å². The highest BCUT2D eigenvalue weighted by molar-refractivity contribution is 5.97. The van der Waals surface area contributed by atoms with Crippen molar-refractivity contribution in [1.82, 2.24) is 10.6 Å². The van der Waals surface area contributed by atoms with Gasteiger partial charge in [-0.1, -0.05) is 32.0 Å². The van der Waals surface area contributed by atoms with Crippen LogP contribution in [0.4, 0.5) is 13.2 Å². The van der Waals surface area contributed by atoms with Crippen LogP contribution in [0.1, 0.15) is 29.8 Å². The van der Waals surface area contributed by atoms with Crippen molar-refractivity contribution in [3.8, 4) is 11.5 Å². The average Bonchev–Trinajstić information content (AvgIpc) is 2.70. The maximum atomic E-state index is 14.0. The zero-order chi connectivity index (χ0) is 22.3. The number of ether oxygens (including phenoxy) is 2. The fourth-order valence-electron chi connectivity index (χ4n) is 2.75. The molecule has 0 aromatic heterocycles. The number of hydrogen-bond donors (Lipinski definition) is 2. The lowest BCUT2D eigenvalue weighted by atomic mass is 9.84. The molecule has 0 atom stereocenters. The van der Waals surface area contributed by atoms with Crippen LogP contribution >= 0.6 is 0 Å². The van der Waals surface area contributed by atoms with E-state index in [-0.39, 0.29) is 36.0 Å². The zero-order valence-corrected chi connectivity index (χ0v) is 16.8. The van der Waals surface area contributed by atoms with Crippen molar-refractivity contribution >= 4 is 11.8 Å². The summed E-state index contributed by atoms with van der Waals surface area (Å²) in [4.78, 5) is 24.3. The fourth-order valence-corrected chi connectivity index (χ4v) is 2.75. The first kappa shape index (κ1) is 23.1. The SMILES string of the molecule is COc1cc(C(=O)NCC(=O)NCC(C)(C)c2ccccc2F)ccc1OC(F)F. The number of amides is 2. The summed E-state index contributed by atoms with van der Waals surface area (Å²) in [6.07, 6.45) is 0. The molecule has 0 unspecified atom stereocenters. The Balaban J connectivity index is 1.91. The van der Waals surface area contributed by atoms with Crippen molar-refractivity contribution in [2.24, 2.45) is 0 Å². The first-order valence-corrected chi connectivity index (χ1v) is 9.07. The van der Waals surface area contributed by atoms with Crippen molar-refractivity contribution in [2.45, 2.75) is 25.9 Å². The van der Waals surface area contributed by atoms with E-state index in [1.807, 2.05) is 0 Å². The van der Waals surface area contributed by atoms with Crippen molar-refractivity contribution in [3.63, 3.8) is 0 Å². The molecule has 30 heavy (non-hydrogen) atoms. The maximum Gasteiger partial charge on any atom is 0.387 e. The van der Waals surface area contributed by atoms with Crippen molar-refractivity contribution in [2.75, 3.05) is 20.2 Å². The van der Waals surface area contributed by atoms with Crippen molar-refractivity contribution < 1.29 is 32.2 Å². The number of benzene rings is 2. The number of alkyl halides is 2. The van der Waals surface area contributed by atoms with E-state index in [2.05, 4.69) is 15.4 Å².